The molecule has 0 spiro atoms. The highest BCUT2D eigenvalue weighted by Crippen LogP contribution is 2.39. The number of amides is 2. The molecule has 1 aliphatic heterocycles. The van der Waals surface area contributed by atoms with Gasteiger partial charge in [0.1, 0.15) is 5.60 Å². The topological polar surface area (TPSA) is 79.3 Å². The first-order chi connectivity index (χ1) is 11.5. The normalized spacial score (nSPS) is 22.1. The lowest BCUT2D eigenvalue weighted by Crippen LogP contribution is -2.60. The smallest absolute Gasteiger partial charge is 0.410 e. The Hall–Kier alpha value is -1.28. The first-order valence-electron chi connectivity index (χ1n) is 9.16. The molecule has 0 aliphatic carbocycles. The van der Waals surface area contributed by atoms with Crippen LogP contribution in [-0.4, -0.2) is 73.3 Å². The van der Waals surface area contributed by atoms with Crippen molar-refractivity contribution in [2.24, 2.45) is 0 Å². The summed E-state index contributed by atoms with van der Waals surface area (Å²) in [7, 11) is -0.397. The minimum atomic E-state index is -2.06. The number of rotatable bonds is 3. The Bertz CT molecular complexity index is 525. The standard InChI is InChI=1S/C18H36N2O5Si/c1-17(2,3)24-16(23)19(7)13-12-20(15(21)22)11-10-14(13)25-26(8,9)18(4,5)6/h13-14H,10-12H2,1-9H3,(H,21,22). The number of likely N-dealkylation sites (N-methyl/N-ethyl adjacent to an activating group) is 1. The Morgan fingerprint density at radius 3 is 2.12 bits per heavy atom. The molecule has 8 heteroatoms. The molecule has 7 nitrogen and oxygen atoms in total. The monoisotopic (exact) mass is 388 g/mol. The van der Waals surface area contributed by atoms with E-state index >= 15 is 0 Å². The van der Waals surface area contributed by atoms with Crippen LogP contribution in [0.4, 0.5) is 9.59 Å². The number of nitrogens with zero attached hydrogens (tertiary/aromatic N) is 2. The second-order valence-electron chi connectivity index (χ2n) is 9.59. The van der Waals surface area contributed by atoms with Crippen molar-refractivity contribution in [2.75, 3.05) is 20.1 Å². The molecule has 1 saturated heterocycles. The second-order valence-corrected chi connectivity index (χ2v) is 14.3. The van der Waals surface area contributed by atoms with E-state index in [0.29, 0.717) is 13.0 Å². The maximum atomic E-state index is 12.5. The summed E-state index contributed by atoms with van der Waals surface area (Å²) in [6.07, 6.45) is -1.07. The van der Waals surface area contributed by atoms with E-state index in [1.165, 1.54) is 9.80 Å². The van der Waals surface area contributed by atoms with Gasteiger partial charge in [-0.3, -0.25) is 0 Å². The fourth-order valence-corrected chi connectivity index (χ4v) is 4.00. The maximum absolute atomic E-state index is 12.5. The molecule has 1 fully saturated rings. The Kier molecular flexibility index (Phi) is 6.79. The van der Waals surface area contributed by atoms with Gasteiger partial charge in [0.05, 0.1) is 12.1 Å². The number of ether oxygens (including phenoxy) is 1. The number of likely N-dealkylation sites (tertiary alicyclic amines) is 1. The first kappa shape index (κ1) is 22.8. The summed E-state index contributed by atoms with van der Waals surface area (Å²) in [6.45, 7) is 16.9. The third kappa shape index (κ3) is 5.87. The molecule has 0 saturated carbocycles. The van der Waals surface area contributed by atoms with E-state index in [2.05, 4.69) is 33.9 Å². The van der Waals surface area contributed by atoms with Gasteiger partial charge in [0.2, 0.25) is 0 Å². The van der Waals surface area contributed by atoms with Gasteiger partial charge in [-0.15, -0.1) is 0 Å². The van der Waals surface area contributed by atoms with E-state index in [0.717, 1.165) is 0 Å². The van der Waals surface area contributed by atoms with Crippen LogP contribution in [0, 0.1) is 0 Å². The fourth-order valence-electron chi connectivity index (χ4n) is 2.62. The van der Waals surface area contributed by atoms with Gasteiger partial charge < -0.3 is 24.1 Å². The fraction of sp³-hybridized carbons (Fsp3) is 0.889. The predicted molar refractivity (Wildman–Crippen MR) is 104 cm³/mol. The Morgan fingerprint density at radius 1 is 1.15 bits per heavy atom. The molecule has 152 valence electrons. The van der Waals surface area contributed by atoms with E-state index < -0.39 is 26.1 Å². The van der Waals surface area contributed by atoms with E-state index in [-0.39, 0.29) is 23.7 Å². The molecular formula is C18H36N2O5Si. The van der Waals surface area contributed by atoms with Crippen LogP contribution < -0.4 is 0 Å². The zero-order valence-electron chi connectivity index (χ0n) is 17.8. The summed E-state index contributed by atoms with van der Waals surface area (Å²) in [5.74, 6) is 0. The molecule has 1 N–H and O–H groups in total. The molecule has 2 atom stereocenters. The lowest BCUT2D eigenvalue weighted by molar-refractivity contribution is -0.0174. The van der Waals surface area contributed by atoms with E-state index in [1.807, 2.05) is 20.8 Å². The number of hydrogen-bond donors (Lipinski definition) is 1. The molecule has 2 amide bonds. The van der Waals surface area contributed by atoms with E-state index in [4.69, 9.17) is 9.16 Å². The van der Waals surface area contributed by atoms with Crippen molar-refractivity contribution in [1.82, 2.24) is 9.80 Å². The lowest BCUT2D eigenvalue weighted by atomic mass is 10.0. The van der Waals surface area contributed by atoms with Gasteiger partial charge in [0, 0.05) is 20.1 Å². The van der Waals surface area contributed by atoms with Gasteiger partial charge in [-0.05, 0) is 45.3 Å². The van der Waals surface area contributed by atoms with Crippen molar-refractivity contribution in [1.29, 1.82) is 0 Å². The summed E-state index contributed by atoms with van der Waals surface area (Å²) < 4.78 is 12.0. The van der Waals surface area contributed by atoms with Crippen LogP contribution in [0.25, 0.3) is 0 Å². The third-order valence-corrected chi connectivity index (χ3v) is 9.73. The van der Waals surface area contributed by atoms with Gasteiger partial charge in [0.15, 0.2) is 8.32 Å². The van der Waals surface area contributed by atoms with Crippen molar-refractivity contribution in [3.8, 4) is 0 Å². The van der Waals surface area contributed by atoms with Crippen LogP contribution in [0.5, 0.6) is 0 Å². The molecule has 1 rings (SSSR count). The van der Waals surface area contributed by atoms with Gasteiger partial charge in [-0.25, -0.2) is 9.59 Å². The van der Waals surface area contributed by atoms with Gasteiger partial charge in [-0.1, -0.05) is 20.8 Å². The van der Waals surface area contributed by atoms with E-state index in [1.54, 1.807) is 7.05 Å². The summed E-state index contributed by atoms with van der Waals surface area (Å²) in [6, 6.07) is -0.371. The van der Waals surface area contributed by atoms with Crippen molar-refractivity contribution < 1.29 is 23.9 Å². The van der Waals surface area contributed by atoms with Crippen molar-refractivity contribution in [3.05, 3.63) is 0 Å². The molecule has 0 radical (unpaired) electrons. The second kappa shape index (κ2) is 7.76. The Labute approximate surface area is 158 Å². The molecule has 26 heavy (non-hydrogen) atoms. The van der Waals surface area contributed by atoms with Crippen molar-refractivity contribution in [3.63, 3.8) is 0 Å². The van der Waals surface area contributed by atoms with Crippen LogP contribution in [-0.2, 0) is 9.16 Å². The van der Waals surface area contributed by atoms with Crippen LogP contribution in [0.2, 0.25) is 18.1 Å². The van der Waals surface area contributed by atoms with Crippen LogP contribution in [0.1, 0.15) is 48.0 Å². The highest BCUT2D eigenvalue weighted by molar-refractivity contribution is 6.74. The van der Waals surface area contributed by atoms with Crippen LogP contribution in [0.3, 0.4) is 0 Å². The molecule has 0 aromatic rings. The van der Waals surface area contributed by atoms with Crippen molar-refractivity contribution in [2.45, 2.75) is 83.8 Å². The zero-order valence-corrected chi connectivity index (χ0v) is 18.8. The quantitative estimate of drug-likeness (QED) is 0.739. The largest absolute Gasteiger partial charge is 0.465 e. The molecule has 2 unspecified atom stereocenters. The Morgan fingerprint density at radius 2 is 1.69 bits per heavy atom. The summed E-state index contributed by atoms with van der Waals surface area (Å²) in [5, 5.41) is 9.40. The average Bonchev–Trinajstić information content (AvgIpc) is 2.43. The number of hydrogen-bond acceptors (Lipinski definition) is 4. The number of piperidine rings is 1. The summed E-state index contributed by atoms with van der Waals surface area (Å²) >= 11 is 0. The average molecular weight is 389 g/mol. The molecular weight excluding hydrogens is 352 g/mol. The maximum Gasteiger partial charge on any atom is 0.410 e. The molecule has 0 aromatic carbocycles. The predicted octanol–water partition coefficient (Wildman–Crippen LogP) is 4.00. The summed E-state index contributed by atoms with van der Waals surface area (Å²) in [4.78, 5) is 26.8. The minimum Gasteiger partial charge on any atom is -0.465 e. The minimum absolute atomic E-state index is 0.0337. The van der Waals surface area contributed by atoms with Gasteiger partial charge in [-0.2, -0.15) is 0 Å². The highest BCUT2D eigenvalue weighted by atomic mass is 28.4. The third-order valence-electron chi connectivity index (χ3n) is 5.22. The number of carbonyl (C=O) groups is 2. The first-order valence-corrected chi connectivity index (χ1v) is 12.1. The zero-order chi connectivity index (χ0) is 20.5. The number of carbonyl (C=O) groups excluding carboxylic acids is 1. The highest BCUT2D eigenvalue weighted by Gasteiger charge is 2.44. The lowest BCUT2D eigenvalue weighted by Gasteiger charge is -2.47. The van der Waals surface area contributed by atoms with Gasteiger partial charge in [0.25, 0.3) is 0 Å². The molecule has 0 bridgehead atoms. The molecule has 1 heterocycles. The van der Waals surface area contributed by atoms with Crippen molar-refractivity contribution >= 4 is 20.5 Å². The van der Waals surface area contributed by atoms with Crippen LogP contribution in [0.15, 0.2) is 0 Å². The van der Waals surface area contributed by atoms with Crippen LogP contribution >= 0.6 is 0 Å². The molecule has 1 aliphatic rings. The Balaban J connectivity index is 3.04. The number of carboxylic acid groups (broad SMARTS) is 1. The summed E-state index contributed by atoms with van der Waals surface area (Å²) in [5.41, 5.74) is -0.609. The van der Waals surface area contributed by atoms with E-state index in [9.17, 15) is 14.7 Å². The van der Waals surface area contributed by atoms with Gasteiger partial charge >= 0.3 is 12.2 Å². The SMILES string of the molecule is CN(C(=O)OC(C)(C)C)C1CN(C(=O)O)CCC1O[Si](C)(C)C(C)(C)C. The molecule has 0 aromatic heterocycles.